The minimum absolute atomic E-state index is 0.0347. The van der Waals surface area contributed by atoms with Gasteiger partial charge in [-0.1, -0.05) is 6.42 Å². The predicted octanol–water partition coefficient (Wildman–Crippen LogP) is 3.71. The number of alkyl halides is 3. The van der Waals surface area contributed by atoms with Crippen molar-refractivity contribution in [1.82, 2.24) is 4.98 Å². The highest BCUT2D eigenvalue weighted by Crippen LogP contribution is 2.40. The van der Waals surface area contributed by atoms with Crippen LogP contribution in [0.5, 0.6) is 0 Å². The van der Waals surface area contributed by atoms with Crippen molar-refractivity contribution in [2.45, 2.75) is 43.9 Å². The molecule has 1 aromatic heterocycles. The van der Waals surface area contributed by atoms with Gasteiger partial charge in [0.2, 0.25) is 0 Å². The Morgan fingerprint density at radius 1 is 1.25 bits per heavy atom. The molecule has 8 heteroatoms. The lowest BCUT2D eigenvalue weighted by Gasteiger charge is -2.36. The van der Waals surface area contributed by atoms with Crippen molar-refractivity contribution in [3.05, 3.63) is 29.1 Å². The average molecular weight is 414 g/mol. The number of hydrogen-bond acceptors (Lipinski definition) is 5. The van der Waals surface area contributed by atoms with E-state index in [1.165, 1.54) is 13.2 Å². The molecule has 0 radical (unpaired) electrons. The summed E-state index contributed by atoms with van der Waals surface area (Å²) in [6, 6.07) is 2.17. The molecule has 1 heterocycles. The van der Waals surface area contributed by atoms with Crippen molar-refractivity contribution in [3.8, 4) is 0 Å². The van der Waals surface area contributed by atoms with E-state index >= 15 is 0 Å². The Balaban J connectivity index is 1.95. The number of carbonyl (C=O) groups is 3. The number of ether oxygens (including phenoxy) is 1. The summed E-state index contributed by atoms with van der Waals surface area (Å²) in [4.78, 5) is 42.5. The highest BCUT2D eigenvalue weighted by molar-refractivity contribution is 6.26. The topological polar surface area (TPSA) is 73.3 Å². The Hall–Kier alpha value is -1.73. The molecule has 28 heavy (non-hydrogen) atoms. The first kappa shape index (κ1) is 21.0. The van der Waals surface area contributed by atoms with Crippen LogP contribution in [-0.2, 0) is 26.1 Å². The molecule has 2 fully saturated rings. The summed E-state index contributed by atoms with van der Waals surface area (Å²) in [5.74, 6) is -3.24. The summed E-state index contributed by atoms with van der Waals surface area (Å²) in [6.07, 6.45) is 3.32. The number of fused-ring (bicyclic) bond motifs is 2. The van der Waals surface area contributed by atoms with E-state index in [1.807, 2.05) is 0 Å². The van der Waals surface area contributed by atoms with Gasteiger partial charge in [-0.3, -0.25) is 14.4 Å². The number of methoxy groups -OCH3 is 1. The minimum Gasteiger partial charge on any atom is -0.385 e. The van der Waals surface area contributed by atoms with Crippen molar-refractivity contribution in [2.75, 3.05) is 13.7 Å². The summed E-state index contributed by atoms with van der Waals surface area (Å²) in [6.45, 7) is 0.349. The number of aromatic nitrogens is 1. The molecule has 5 nitrogen and oxygen atoms in total. The Morgan fingerprint density at radius 2 is 1.89 bits per heavy atom. The number of Topliss-reactive ketones (excluding diaryl/α,β-unsaturated/α-hetero) is 3. The molecule has 0 spiro atoms. The zero-order valence-electron chi connectivity index (χ0n) is 15.6. The van der Waals surface area contributed by atoms with Gasteiger partial charge in [0.15, 0.2) is 17.3 Å². The van der Waals surface area contributed by atoms with Gasteiger partial charge in [-0.05, 0) is 55.8 Å². The fourth-order valence-electron chi connectivity index (χ4n) is 4.19. The molecule has 2 saturated carbocycles. The molecule has 2 atom stereocenters. The fraction of sp³-hybridized carbons (Fsp3) is 0.600. The summed E-state index contributed by atoms with van der Waals surface area (Å²) >= 11 is 5.07. The van der Waals surface area contributed by atoms with Crippen LogP contribution in [0.15, 0.2) is 12.1 Å². The zero-order valence-corrected chi connectivity index (χ0v) is 16.3. The van der Waals surface area contributed by atoms with Gasteiger partial charge in [0.25, 0.3) is 0 Å². The van der Waals surface area contributed by atoms with Crippen molar-refractivity contribution in [3.63, 3.8) is 0 Å². The first-order valence-electron chi connectivity index (χ1n) is 9.41. The van der Waals surface area contributed by atoms with E-state index in [1.54, 1.807) is 0 Å². The second-order valence-corrected chi connectivity index (χ2v) is 7.92. The van der Waals surface area contributed by atoms with Crippen LogP contribution in [0.25, 0.3) is 0 Å². The number of halogens is 3. The second-order valence-electron chi connectivity index (χ2n) is 7.45. The first-order chi connectivity index (χ1) is 13.2. The fourth-order valence-corrected chi connectivity index (χ4v) is 4.30. The van der Waals surface area contributed by atoms with E-state index in [9.17, 15) is 23.2 Å². The lowest BCUT2D eigenvalue weighted by Crippen LogP contribution is -2.47. The van der Waals surface area contributed by atoms with Crippen LogP contribution in [0.1, 0.15) is 53.8 Å². The van der Waals surface area contributed by atoms with Gasteiger partial charge < -0.3 is 4.74 Å². The summed E-state index contributed by atoms with van der Waals surface area (Å²) in [5.41, 5.74) is -0.528. The summed E-state index contributed by atoms with van der Waals surface area (Å²) in [7, 11) is 1.50. The van der Waals surface area contributed by atoms with E-state index < -0.39 is 22.8 Å². The third kappa shape index (κ3) is 4.15. The number of rotatable bonds is 7. The maximum atomic E-state index is 13.5. The molecule has 0 aromatic carbocycles. The van der Waals surface area contributed by atoms with Crippen LogP contribution in [0.3, 0.4) is 0 Å². The van der Waals surface area contributed by atoms with E-state index in [4.69, 9.17) is 16.3 Å². The van der Waals surface area contributed by atoms with E-state index in [0.717, 1.165) is 12.5 Å². The van der Waals surface area contributed by atoms with Crippen molar-refractivity contribution >= 4 is 29.0 Å². The van der Waals surface area contributed by atoms with E-state index in [0.29, 0.717) is 32.3 Å². The van der Waals surface area contributed by atoms with Crippen LogP contribution in [-0.4, -0.2) is 36.1 Å². The number of aryl methyl sites for hydroxylation is 1. The smallest absolute Gasteiger partial charge is 0.364 e. The largest absolute Gasteiger partial charge is 0.385 e. The number of carbonyl (C=O) groups excluding carboxylic acids is 3. The Kier molecular flexibility index (Phi) is 6.25. The van der Waals surface area contributed by atoms with Gasteiger partial charge >= 0.3 is 5.38 Å². The van der Waals surface area contributed by atoms with E-state index in [2.05, 4.69) is 4.98 Å². The minimum atomic E-state index is -3.68. The van der Waals surface area contributed by atoms with Crippen molar-refractivity contribution in [1.29, 1.82) is 0 Å². The molecular weight excluding hydrogens is 392 g/mol. The van der Waals surface area contributed by atoms with Gasteiger partial charge in [0.1, 0.15) is 11.6 Å². The molecule has 2 bridgehead atoms. The first-order valence-corrected chi connectivity index (χ1v) is 9.79. The molecule has 3 rings (SSSR count). The Bertz CT molecular complexity index is 771. The molecule has 1 aromatic rings. The summed E-state index contributed by atoms with van der Waals surface area (Å²) < 4.78 is 31.9. The van der Waals surface area contributed by atoms with Gasteiger partial charge in [-0.2, -0.15) is 8.78 Å². The third-order valence-corrected chi connectivity index (χ3v) is 5.80. The molecular formula is C20H22ClF2NO4. The average Bonchev–Trinajstić information content (AvgIpc) is 2.66. The van der Waals surface area contributed by atoms with Crippen LogP contribution < -0.4 is 0 Å². The van der Waals surface area contributed by atoms with E-state index in [-0.39, 0.29) is 41.1 Å². The lowest BCUT2D eigenvalue weighted by molar-refractivity contribution is -0.142. The Labute approximate surface area is 166 Å². The highest BCUT2D eigenvalue weighted by Gasteiger charge is 2.48. The highest BCUT2D eigenvalue weighted by atomic mass is 35.5. The van der Waals surface area contributed by atoms with Crippen LogP contribution >= 0.6 is 11.6 Å². The molecule has 0 amide bonds. The zero-order chi connectivity index (χ0) is 20.5. The molecule has 152 valence electrons. The molecule has 0 saturated heterocycles. The maximum absolute atomic E-state index is 13.5. The summed E-state index contributed by atoms with van der Waals surface area (Å²) in [5, 5.41) is -3.68. The SMILES string of the molecule is COCCCc1nc(C(F)(F)Cl)ccc1C(=O)C1C(=O)C2CCCC(C2)C1=O. The lowest BCUT2D eigenvalue weighted by atomic mass is 9.65. The normalized spacial score (nSPS) is 25.1. The quantitative estimate of drug-likeness (QED) is 0.295. The maximum Gasteiger partial charge on any atom is 0.364 e. The predicted molar refractivity (Wildman–Crippen MR) is 97.5 cm³/mol. The monoisotopic (exact) mass is 413 g/mol. The second kappa shape index (κ2) is 8.33. The standard InChI is InChI=1S/C20H22ClF2NO4/c1-28-9-3-6-14-13(7-8-15(24-14)20(21,22)23)19(27)16-17(25)11-4-2-5-12(10-11)18(16)26/h7-8,11-12,16H,2-6,9-10H2,1H3. The molecule has 2 unspecified atom stereocenters. The molecule has 0 aliphatic heterocycles. The van der Waals surface area contributed by atoms with Gasteiger partial charge in [-0.25, -0.2) is 4.98 Å². The molecule has 0 N–H and O–H groups in total. The Morgan fingerprint density at radius 3 is 2.46 bits per heavy atom. The molecule has 2 aliphatic carbocycles. The van der Waals surface area contributed by atoms with Gasteiger partial charge in [-0.15, -0.1) is 0 Å². The van der Waals surface area contributed by atoms with Gasteiger partial charge in [0, 0.05) is 31.1 Å². The number of pyridine rings is 1. The van der Waals surface area contributed by atoms with Crippen molar-refractivity contribution < 1.29 is 27.9 Å². The van der Waals surface area contributed by atoms with Gasteiger partial charge in [0.05, 0.1) is 5.69 Å². The number of hydrogen-bond donors (Lipinski definition) is 0. The number of ketones is 3. The van der Waals surface area contributed by atoms with Crippen molar-refractivity contribution in [2.24, 2.45) is 17.8 Å². The van der Waals surface area contributed by atoms with Crippen LogP contribution in [0, 0.1) is 17.8 Å². The van der Waals surface area contributed by atoms with Crippen LogP contribution in [0.2, 0.25) is 0 Å². The van der Waals surface area contributed by atoms with Crippen LogP contribution in [0.4, 0.5) is 8.78 Å². The number of nitrogens with zero attached hydrogens (tertiary/aromatic N) is 1. The third-order valence-electron chi connectivity index (χ3n) is 5.60. The molecule has 2 aliphatic rings.